The van der Waals surface area contributed by atoms with E-state index in [1.54, 1.807) is 0 Å². The fraction of sp³-hybridized carbons (Fsp3) is 0.240. The van der Waals surface area contributed by atoms with Gasteiger partial charge >= 0.3 is 0 Å². The molecule has 0 saturated carbocycles. The van der Waals surface area contributed by atoms with Crippen LogP contribution in [-0.4, -0.2) is 43.1 Å². The first kappa shape index (κ1) is 19.1. The molecule has 4 rings (SSSR count). The summed E-state index contributed by atoms with van der Waals surface area (Å²) in [4.78, 5) is 17.0. The van der Waals surface area contributed by atoms with E-state index in [4.69, 9.17) is 4.74 Å². The Kier molecular flexibility index (Phi) is 5.80. The first-order valence-electron chi connectivity index (χ1n) is 10.1. The number of carbonyl (C=O) groups excluding carboxylic acids is 1. The molecule has 0 N–H and O–H groups in total. The monoisotopic (exact) mass is 386 g/mol. The summed E-state index contributed by atoms with van der Waals surface area (Å²) in [5, 5.41) is 0. The third-order valence-corrected chi connectivity index (χ3v) is 5.33. The molecular weight excluding hydrogens is 360 g/mol. The Bertz CT molecular complexity index is 918. The minimum atomic E-state index is -0.499. The number of carbonyl (C=O) groups is 1. The second-order valence-electron chi connectivity index (χ2n) is 7.30. The van der Waals surface area contributed by atoms with Crippen LogP contribution in [0.5, 0.6) is 5.75 Å². The van der Waals surface area contributed by atoms with E-state index >= 15 is 0 Å². The van der Waals surface area contributed by atoms with Crippen molar-refractivity contribution in [3.05, 3.63) is 84.9 Å². The Morgan fingerprint density at radius 1 is 0.759 bits per heavy atom. The molecule has 4 heteroatoms. The highest BCUT2D eigenvalue weighted by molar-refractivity contribution is 5.81. The number of ether oxygens (including phenoxy) is 1. The van der Waals surface area contributed by atoms with Crippen molar-refractivity contribution in [2.75, 3.05) is 31.1 Å². The van der Waals surface area contributed by atoms with Gasteiger partial charge in [-0.2, -0.15) is 0 Å². The van der Waals surface area contributed by atoms with Gasteiger partial charge in [0.05, 0.1) is 0 Å². The average Bonchev–Trinajstić information content (AvgIpc) is 2.80. The fourth-order valence-corrected chi connectivity index (χ4v) is 3.69. The highest BCUT2D eigenvalue weighted by atomic mass is 16.5. The van der Waals surface area contributed by atoms with Crippen molar-refractivity contribution in [1.82, 2.24) is 4.90 Å². The molecule has 1 saturated heterocycles. The van der Waals surface area contributed by atoms with Gasteiger partial charge in [-0.05, 0) is 42.3 Å². The van der Waals surface area contributed by atoms with E-state index in [1.165, 1.54) is 11.3 Å². The van der Waals surface area contributed by atoms with Gasteiger partial charge in [0.15, 0.2) is 6.10 Å². The number of anilines is 1. The molecule has 148 valence electrons. The highest BCUT2D eigenvalue weighted by Gasteiger charge is 2.26. The number of benzene rings is 3. The molecule has 0 bridgehead atoms. The van der Waals surface area contributed by atoms with E-state index in [0.29, 0.717) is 18.8 Å². The highest BCUT2D eigenvalue weighted by Crippen LogP contribution is 2.23. The third kappa shape index (κ3) is 4.60. The molecule has 1 heterocycles. The van der Waals surface area contributed by atoms with E-state index in [2.05, 4.69) is 29.2 Å². The van der Waals surface area contributed by atoms with Crippen LogP contribution in [0.3, 0.4) is 0 Å². The Hall–Kier alpha value is -3.27. The second kappa shape index (κ2) is 8.82. The molecular formula is C25H26N2O2. The number of amides is 1. The number of piperazine rings is 1. The van der Waals surface area contributed by atoms with Crippen LogP contribution in [0.25, 0.3) is 11.1 Å². The summed E-state index contributed by atoms with van der Waals surface area (Å²) in [6, 6.07) is 28.5. The molecule has 1 amide bonds. The van der Waals surface area contributed by atoms with E-state index < -0.39 is 6.10 Å². The Morgan fingerprint density at radius 3 is 1.93 bits per heavy atom. The molecule has 1 aliphatic rings. The van der Waals surface area contributed by atoms with Crippen molar-refractivity contribution in [3.8, 4) is 16.9 Å². The molecule has 0 aliphatic carbocycles. The molecule has 29 heavy (non-hydrogen) atoms. The van der Waals surface area contributed by atoms with Crippen LogP contribution in [0.1, 0.15) is 6.92 Å². The second-order valence-corrected chi connectivity index (χ2v) is 7.30. The molecule has 3 aromatic carbocycles. The standard InChI is InChI=1S/C25H26N2O2/c1-20(29-24-14-12-22(13-15-24)21-8-4-2-5-9-21)25(28)27-18-16-26(17-19-27)23-10-6-3-7-11-23/h2-15,20H,16-19H2,1H3. The minimum Gasteiger partial charge on any atom is -0.481 e. The fourth-order valence-electron chi connectivity index (χ4n) is 3.69. The van der Waals surface area contributed by atoms with Crippen LogP contribution in [-0.2, 0) is 4.79 Å². The molecule has 1 aliphatic heterocycles. The maximum atomic E-state index is 12.8. The summed E-state index contributed by atoms with van der Waals surface area (Å²) in [6.07, 6.45) is -0.499. The Balaban J connectivity index is 1.32. The molecule has 4 nitrogen and oxygen atoms in total. The van der Waals surface area contributed by atoms with Crippen molar-refractivity contribution in [1.29, 1.82) is 0 Å². The van der Waals surface area contributed by atoms with Gasteiger partial charge in [-0.25, -0.2) is 0 Å². The lowest BCUT2D eigenvalue weighted by Gasteiger charge is -2.37. The van der Waals surface area contributed by atoms with Gasteiger partial charge in [0.25, 0.3) is 5.91 Å². The Morgan fingerprint density at radius 2 is 1.31 bits per heavy atom. The number of para-hydroxylation sites is 1. The predicted molar refractivity (Wildman–Crippen MR) is 117 cm³/mol. The topological polar surface area (TPSA) is 32.8 Å². The number of nitrogens with zero attached hydrogens (tertiary/aromatic N) is 2. The van der Waals surface area contributed by atoms with E-state index in [0.717, 1.165) is 18.7 Å². The van der Waals surface area contributed by atoms with Gasteiger partial charge in [0.1, 0.15) is 5.75 Å². The lowest BCUT2D eigenvalue weighted by molar-refractivity contribution is -0.138. The van der Waals surface area contributed by atoms with Crippen LogP contribution >= 0.6 is 0 Å². The smallest absolute Gasteiger partial charge is 0.263 e. The molecule has 1 fully saturated rings. The van der Waals surface area contributed by atoms with E-state index in [1.807, 2.05) is 72.5 Å². The van der Waals surface area contributed by atoms with Gasteiger partial charge < -0.3 is 14.5 Å². The third-order valence-electron chi connectivity index (χ3n) is 5.33. The van der Waals surface area contributed by atoms with Crippen molar-refractivity contribution >= 4 is 11.6 Å². The summed E-state index contributed by atoms with van der Waals surface area (Å²) in [5.41, 5.74) is 3.51. The van der Waals surface area contributed by atoms with Gasteiger partial charge in [-0.3, -0.25) is 4.79 Å². The number of rotatable bonds is 5. The maximum Gasteiger partial charge on any atom is 0.263 e. The van der Waals surface area contributed by atoms with E-state index in [-0.39, 0.29) is 5.91 Å². The normalized spacial score (nSPS) is 15.1. The van der Waals surface area contributed by atoms with Crippen LogP contribution in [0, 0.1) is 0 Å². The van der Waals surface area contributed by atoms with Crippen LogP contribution in [0.4, 0.5) is 5.69 Å². The number of hydrogen-bond acceptors (Lipinski definition) is 3. The quantitative estimate of drug-likeness (QED) is 0.649. The molecule has 3 aromatic rings. The van der Waals surface area contributed by atoms with Crippen molar-refractivity contribution in [2.45, 2.75) is 13.0 Å². The van der Waals surface area contributed by atoms with Crippen LogP contribution < -0.4 is 9.64 Å². The van der Waals surface area contributed by atoms with Gasteiger partial charge in [0, 0.05) is 31.9 Å². The van der Waals surface area contributed by atoms with Crippen molar-refractivity contribution in [2.24, 2.45) is 0 Å². The molecule has 0 radical (unpaired) electrons. The zero-order valence-corrected chi connectivity index (χ0v) is 16.7. The van der Waals surface area contributed by atoms with Crippen molar-refractivity contribution in [3.63, 3.8) is 0 Å². The molecule has 0 spiro atoms. The summed E-state index contributed by atoms with van der Waals surface area (Å²) < 4.78 is 5.93. The molecule has 1 atom stereocenters. The summed E-state index contributed by atoms with van der Waals surface area (Å²) >= 11 is 0. The summed E-state index contributed by atoms with van der Waals surface area (Å²) in [7, 11) is 0. The Labute approximate surface area is 172 Å². The van der Waals surface area contributed by atoms with Crippen LogP contribution in [0.2, 0.25) is 0 Å². The number of hydrogen-bond donors (Lipinski definition) is 0. The first-order chi connectivity index (χ1) is 14.2. The van der Waals surface area contributed by atoms with Gasteiger partial charge in [-0.1, -0.05) is 60.7 Å². The van der Waals surface area contributed by atoms with Gasteiger partial charge in [-0.15, -0.1) is 0 Å². The lowest BCUT2D eigenvalue weighted by atomic mass is 10.1. The SMILES string of the molecule is CC(Oc1ccc(-c2ccccc2)cc1)C(=O)N1CCN(c2ccccc2)CC1. The summed E-state index contributed by atoms with van der Waals surface area (Å²) in [5.74, 6) is 0.762. The van der Waals surface area contributed by atoms with Gasteiger partial charge in [0.2, 0.25) is 0 Å². The minimum absolute atomic E-state index is 0.0462. The first-order valence-corrected chi connectivity index (χ1v) is 10.1. The predicted octanol–water partition coefficient (Wildman–Crippen LogP) is 4.47. The molecule has 0 aromatic heterocycles. The average molecular weight is 386 g/mol. The lowest BCUT2D eigenvalue weighted by Crippen LogP contribution is -2.52. The van der Waals surface area contributed by atoms with E-state index in [9.17, 15) is 4.79 Å². The zero-order chi connectivity index (χ0) is 20.1. The maximum absolute atomic E-state index is 12.8. The molecule has 1 unspecified atom stereocenters. The van der Waals surface area contributed by atoms with Crippen molar-refractivity contribution < 1.29 is 9.53 Å². The summed E-state index contributed by atoms with van der Waals surface area (Å²) in [6.45, 7) is 4.95. The van der Waals surface area contributed by atoms with Crippen LogP contribution in [0.15, 0.2) is 84.9 Å². The largest absolute Gasteiger partial charge is 0.481 e. The zero-order valence-electron chi connectivity index (χ0n) is 16.7.